The van der Waals surface area contributed by atoms with Crippen molar-refractivity contribution in [1.29, 1.82) is 0 Å². The number of nitrogens with one attached hydrogen (secondary N) is 1. The van der Waals surface area contributed by atoms with Gasteiger partial charge in [0.05, 0.1) is 24.2 Å². The van der Waals surface area contributed by atoms with Gasteiger partial charge in [-0.25, -0.2) is 14.8 Å². The van der Waals surface area contributed by atoms with Crippen molar-refractivity contribution in [3.05, 3.63) is 18.2 Å². The van der Waals surface area contributed by atoms with Crippen LogP contribution in [0.1, 0.15) is 51.8 Å². The highest BCUT2D eigenvalue weighted by molar-refractivity contribution is 5.89. The van der Waals surface area contributed by atoms with Crippen LogP contribution in [0.15, 0.2) is 12.4 Å². The highest BCUT2D eigenvalue weighted by Gasteiger charge is 2.26. The molecule has 1 aliphatic carbocycles. The number of rotatable bonds is 5. The summed E-state index contributed by atoms with van der Waals surface area (Å²) in [4.78, 5) is 22.7. The summed E-state index contributed by atoms with van der Waals surface area (Å²) in [5.41, 5.74) is 0.591. The molecule has 0 unspecified atom stereocenters. The molecule has 2 amide bonds. The second-order valence-corrected chi connectivity index (χ2v) is 5.96. The Morgan fingerprint density at radius 2 is 2.00 bits per heavy atom. The normalized spacial score (nSPS) is 17.0. The molecule has 0 bridgehead atoms. The Bertz CT molecular complexity index is 470. The van der Waals surface area contributed by atoms with Crippen molar-refractivity contribution in [1.82, 2.24) is 14.9 Å². The lowest BCUT2D eigenvalue weighted by molar-refractivity contribution is 0.105. The Hall–Kier alpha value is -1.69. The van der Waals surface area contributed by atoms with Gasteiger partial charge < -0.3 is 15.3 Å². The minimum atomic E-state index is -0.536. The van der Waals surface area contributed by atoms with Gasteiger partial charge in [-0.3, -0.25) is 0 Å². The molecule has 122 valence electrons. The average molecular weight is 306 g/mol. The summed E-state index contributed by atoms with van der Waals surface area (Å²) in [7, 11) is 0. The third-order valence-corrected chi connectivity index (χ3v) is 4.01. The SMILES string of the molecule is CCc1ncc(NC(=O)N(C[C@@H](C)O)C2CCCCC2)cn1. The van der Waals surface area contributed by atoms with Crippen LogP contribution in [0.25, 0.3) is 0 Å². The number of carbonyl (C=O) groups excluding carboxylic acids is 1. The van der Waals surface area contributed by atoms with E-state index in [9.17, 15) is 9.90 Å². The lowest BCUT2D eigenvalue weighted by atomic mass is 9.94. The smallest absolute Gasteiger partial charge is 0.322 e. The monoisotopic (exact) mass is 306 g/mol. The van der Waals surface area contributed by atoms with Gasteiger partial charge in [-0.1, -0.05) is 26.2 Å². The van der Waals surface area contributed by atoms with E-state index >= 15 is 0 Å². The van der Waals surface area contributed by atoms with E-state index in [1.807, 2.05) is 6.92 Å². The molecule has 0 aliphatic heterocycles. The largest absolute Gasteiger partial charge is 0.392 e. The first-order valence-electron chi connectivity index (χ1n) is 8.16. The molecule has 2 N–H and O–H groups in total. The molecule has 2 rings (SSSR count). The summed E-state index contributed by atoms with van der Waals surface area (Å²) in [6.07, 6.45) is 9.02. The number of aliphatic hydroxyl groups excluding tert-OH is 1. The van der Waals surface area contributed by atoms with Gasteiger partial charge in [0, 0.05) is 19.0 Å². The molecule has 0 aromatic carbocycles. The van der Waals surface area contributed by atoms with Gasteiger partial charge >= 0.3 is 6.03 Å². The molecule has 6 heteroatoms. The molecule has 1 saturated carbocycles. The fourth-order valence-electron chi connectivity index (χ4n) is 2.87. The summed E-state index contributed by atoms with van der Waals surface area (Å²) < 4.78 is 0. The standard InChI is InChI=1S/C16H26N4O2/c1-3-15-17-9-13(10-18-15)19-16(22)20(11-12(2)21)14-7-5-4-6-8-14/h9-10,12,14,21H,3-8,11H2,1-2H3,(H,19,22)/t12-/m1/s1. The molecule has 0 spiro atoms. The number of aryl methyl sites for hydroxylation is 1. The van der Waals surface area contributed by atoms with Crippen molar-refractivity contribution in [2.75, 3.05) is 11.9 Å². The number of amides is 2. The summed E-state index contributed by atoms with van der Waals surface area (Å²) in [5.74, 6) is 0.756. The molecular weight excluding hydrogens is 280 g/mol. The Balaban J connectivity index is 2.03. The van der Waals surface area contributed by atoms with E-state index in [0.29, 0.717) is 12.2 Å². The quantitative estimate of drug-likeness (QED) is 0.876. The highest BCUT2D eigenvalue weighted by atomic mass is 16.3. The van der Waals surface area contributed by atoms with Crippen molar-refractivity contribution in [3.63, 3.8) is 0 Å². The van der Waals surface area contributed by atoms with Crippen LogP contribution in [-0.2, 0) is 6.42 Å². The number of urea groups is 1. The Morgan fingerprint density at radius 1 is 1.36 bits per heavy atom. The van der Waals surface area contributed by atoms with Crippen LogP contribution in [0.2, 0.25) is 0 Å². The molecule has 1 atom stereocenters. The molecule has 1 aromatic rings. The van der Waals surface area contributed by atoms with E-state index in [2.05, 4.69) is 15.3 Å². The van der Waals surface area contributed by atoms with E-state index in [-0.39, 0.29) is 12.1 Å². The maximum Gasteiger partial charge on any atom is 0.322 e. The molecule has 6 nitrogen and oxygen atoms in total. The van der Waals surface area contributed by atoms with Crippen molar-refractivity contribution in [3.8, 4) is 0 Å². The van der Waals surface area contributed by atoms with Crippen molar-refractivity contribution < 1.29 is 9.90 Å². The first-order valence-corrected chi connectivity index (χ1v) is 8.16. The van der Waals surface area contributed by atoms with Crippen LogP contribution in [0.5, 0.6) is 0 Å². The number of aliphatic hydroxyl groups is 1. The fourth-order valence-corrected chi connectivity index (χ4v) is 2.87. The van der Waals surface area contributed by atoms with Crippen LogP contribution in [0.4, 0.5) is 10.5 Å². The van der Waals surface area contributed by atoms with E-state index in [1.54, 1.807) is 24.2 Å². The third-order valence-electron chi connectivity index (χ3n) is 4.01. The van der Waals surface area contributed by atoms with Gasteiger partial charge in [0.15, 0.2) is 0 Å². The molecule has 0 saturated heterocycles. The van der Waals surface area contributed by atoms with Gasteiger partial charge in [-0.2, -0.15) is 0 Å². The second kappa shape index (κ2) is 8.08. The molecule has 1 heterocycles. The third kappa shape index (κ3) is 4.66. The van der Waals surface area contributed by atoms with Crippen LogP contribution >= 0.6 is 0 Å². The topological polar surface area (TPSA) is 78.4 Å². The van der Waals surface area contributed by atoms with E-state index in [1.165, 1.54) is 6.42 Å². The second-order valence-electron chi connectivity index (χ2n) is 5.96. The summed E-state index contributed by atoms with van der Waals surface area (Å²) in [6, 6.07) is 0.0276. The van der Waals surface area contributed by atoms with Gasteiger partial charge in [0.1, 0.15) is 5.82 Å². The molecular formula is C16H26N4O2. The lowest BCUT2D eigenvalue weighted by Gasteiger charge is -2.35. The molecule has 1 fully saturated rings. The summed E-state index contributed by atoms with van der Waals surface area (Å²) >= 11 is 0. The van der Waals surface area contributed by atoms with Crippen LogP contribution in [0.3, 0.4) is 0 Å². The maximum atomic E-state index is 12.6. The van der Waals surface area contributed by atoms with Crippen molar-refractivity contribution in [2.24, 2.45) is 0 Å². The zero-order valence-electron chi connectivity index (χ0n) is 13.5. The predicted molar refractivity (Wildman–Crippen MR) is 85.7 cm³/mol. The van der Waals surface area contributed by atoms with Crippen molar-refractivity contribution >= 4 is 11.7 Å². The number of hydrogen-bond acceptors (Lipinski definition) is 4. The van der Waals surface area contributed by atoms with E-state index in [4.69, 9.17) is 0 Å². The van der Waals surface area contributed by atoms with Crippen LogP contribution < -0.4 is 5.32 Å². The number of hydrogen-bond donors (Lipinski definition) is 2. The zero-order valence-corrected chi connectivity index (χ0v) is 13.5. The number of anilines is 1. The number of aromatic nitrogens is 2. The van der Waals surface area contributed by atoms with Gasteiger partial charge in [0.2, 0.25) is 0 Å². The zero-order chi connectivity index (χ0) is 15.9. The van der Waals surface area contributed by atoms with Crippen LogP contribution in [0, 0.1) is 0 Å². The molecule has 1 aromatic heterocycles. The molecule has 22 heavy (non-hydrogen) atoms. The van der Waals surface area contributed by atoms with Crippen molar-refractivity contribution in [2.45, 2.75) is 64.5 Å². The minimum absolute atomic E-state index is 0.180. The van der Waals surface area contributed by atoms with Gasteiger partial charge in [-0.05, 0) is 19.8 Å². The highest BCUT2D eigenvalue weighted by Crippen LogP contribution is 2.23. The minimum Gasteiger partial charge on any atom is -0.392 e. The average Bonchev–Trinajstić information content (AvgIpc) is 2.54. The fraction of sp³-hybridized carbons (Fsp3) is 0.688. The maximum absolute atomic E-state index is 12.6. The predicted octanol–water partition coefficient (Wildman–Crippen LogP) is 2.59. The Kier molecular flexibility index (Phi) is 6.12. The Labute approximate surface area is 132 Å². The van der Waals surface area contributed by atoms with E-state index < -0.39 is 6.10 Å². The number of nitrogens with zero attached hydrogens (tertiary/aromatic N) is 3. The first-order chi connectivity index (χ1) is 10.6. The Morgan fingerprint density at radius 3 is 2.55 bits per heavy atom. The van der Waals surface area contributed by atoms with Gasteiger partial charge in [0.25, 0.3) is 0 Å². The number of carbonyl (C=O) groups is 1. The summed E-state index contributed by atoms with van der Waals surface area (Å²) in [5, 5.41) is 12.5. The van der Waals surface area contributed by atoms with E-state index in [0.717, 1.165) is 37.9 Å². The molecule has 0 radical (unpaired) electrons. The van der Waals surface area contributed by atoms with Gasteiger partial charge in [-0.15, -0.1) is 0 Å². The summed E-state index contributed by atoms with van der Waals surface area (Å²) in [6.45, 7) is 4.05. The molecule has 1 aliphatic rings. The van der Waals surface area contributed by atoms with Crippen LogP contribution in [-0.4, -0.2) is 44.7 Å². The first kappa shape index (κ1) is 16.7. The lowest BCUT2D eigenvalue weighted by Crippen LogP contribution is -2.47.